The number of hydrogen-bond donors (Lipinski definition) is 0. The second-order valence-electron chi connectivity index (χ2n) is 6.34. The lowest BCUT2D eigenvalue weighted by Crippen LogP contribution is -2.15. The van der Waals surface area contributed by atoms with Crippen LogP contribution in [0.25, 0.3) is 0 Å². The molecule has 0 saturated heterocycles. The van der Waals surface area contributed by atoms with Gasteiger partial charge in [-0.2, -0.15) is 4.99 Å². The first-order valence-electron chi connectivity index (χ1n) is 9.31. The Morgan fingerprint density at radius 2 is 1.84 bits per heavy atom. The van der Waals surface area contributed by atoms with Gasteiger partial charge >= 0.3 is 0 Å². The maximum Gasteiger partial charge on any atom is 0.240 e. The highest BCUT2D eigenvalue weighted by Crippen LogP contribution is 2.42. The standard InChI is InChI=1S/C20H27NO4/c1-2-3-4-5-6-7-8-9-13-24-18-11-10-16-17(23)12-14-25-20(16)19(18)21-15-22/h10-11H,2-9,12-14H2,1H3. The number of benzene rings is 1. The molecule has 5 nitrogen and oxygen atoms in total. The monoisotopic (exact) mass is 345 g/mol. The topological polar surface area (TPSA) is 65.0 Å². The number of aliphatic imine (C=N–C) groups is 1. The van der Waals surface area contributed by atoms with Crippen molar-refractivity contribution in [1.82, 2.24) is 0 Å². The molecule has 5 heteroatoms. The summed E-state index contributed by atoms with van der Waals surface area (Å²) in [5, 5.41) is 0. The van der Waals surface area contributed by atoms with Crippen molar-refractivity contribution in [2.75, 3.05) is 13.2 Å². The Hall–Kier alpha value is -2.13. The maximum absolute atomic E-state index is 11.9. The van der Waals surface area contributed by atoms with Gasteiger partial charge in [0.05, 0.1) is 18.8 Å². The second kappa shape index (κ2) is 10.7. The fraction of sp³-hybridized carbons (Fsp3) is 0.600. The zero-order chi connectivity index (χ0) is 17.9. The molecule has 0 aliphatic carbocycles. The molecule has 0 radical (unpaired) electrons. The van der Waals surface area contributed by atoms with E-state index in [1.165, 1.54) is 44.6 Å². The van der Waals surface area contributed by atoms with Crippen LogP contribution in [0, 0.1) is 0 Å². The molecule has 1 aromatic carbocycles. The molecule has 1 aliphatic rings. The lowest BCUT2D eigenvalue weighted by Gasteiger charge is -2.19. The molecule has 0 spiro atoms. The van der Waals surface area contributed by atoms with Crippen molar-refractivity contribution >= 4 is 17.6 Å². The minimum atomic E-state index is -0.00165. The van der Waals surface area contributed by atoms with E-state index in [2.05, 4.69) is 11.9 Å². The van der Waals surface area contributed by atoms with Gasteiger partial charge in [-0.05, 0) is 18.6 Å². The number of carbonyl (C=O) groups is 1. The predicted molar refractivity (Wildman–Crippen MR) is 96.8 cm³/mol. The Kier molecular flexibility index (Phi) is 8.20. The van der Waals surface area contributed by atoms with E-state index in [1.54, 1.807) is 12.1 Å². The summed E-state index contributed by atoms with van der Waals surface area (Å²) < 4.78 is 11.3. The number of unbranched alkanes of at least 4 members (excludes halogenated alkanes) is 7. The van der Waals surface area contributed by atoms with Gasteiger partial charge in [-0.15, -0.1) is 0 Å². The zero-order valence-corrected chi connectivity index (χ0v) is 15.0. The fourth-order valence-corrected chi connectivity index (χ4v) is 2.99. The number of ether oxygens (including phenoxy) is 2. The third kappa shape index (κ3) is 5.71. The summed E-state index contributed by atoms with van der Waals surface area (Å²) in [4.78, 5) is 26.4. The van der Waals surface area contributed by atoms with Crippen molar-refractivity contribution in [2.45, 2.75) is 64.7 Å². The number of carbonyl (C=O) groups excluding carboxylic acids is 2. The van der Waals surface area contributed by atoms with Crippen LogP contribution in [-0.4, -0.2) is 25.1 Å². The summed E-state index contributed by atoms with van der Waals surface area (Å²) in [6, 6.07) is 3.37. The third-order valence-corrected chi connectivity index (χ3v) is 4.38. The molecule has 1 heterocycles. The lowest BCUT2D eigenvalue weighted by molar-refractivity contribution is 0.0933. The quantitative estimate of drug-likeness (QED) is 0.316. The molecule has 0 unspecified atom stereocenters. The normalized spacial score (nSPS) is 12.9. The number of nitrogens with zero attached hydrogens (tertiary/aromatic N) is 1. The van der Waals surface area contributed by atoms with Crippen LogP contribution >= 0.6 is 0 Å². The SMILES string of the molecule is CCCCCCCCCCOc1ccc2c(c1N=C=O)OCCC2=O. The first-order chi connectivity index (χ1) is 12.3. The van der Waals surface area contributed by atoms with Crippen molar-refractivity contribution in [2.24, 2.45) is 4.99 Å². The van der Waals surface area contributed by atoms with Crippen LogP contribution in [0.1, 0.15) is 75.1 Å². The van der Waals surface area contributed by atoms with Crippen molar-refractivity contribution < 1.29 is 19.1 Å². The molecule has 1 aromatic rings. The highest BCUT2D eigenvalue weighted by atomic mass is 16.5. The van der Waals surface area contributed by atoms with Crippen molar-refractivity contribution in [3.8, 4) is 11.5 Å². The lowest BCUT2D eigenvalue weighted by atomic mass is 10.0. The highest BCUT2D eigenvalue weighted by molar-refractivity contribution is 6.02. The second-order valence-corrected chi connectivity index (χ2v) is 6.34. The van der Waals surface area contributed by atoms with E-state index in [0.717, 1.165) is 12.8 Å². The summed E-state index contributed by atoms with van der Waals surface area (Å²) in [5.74, 6) is 0.811. The van der Waals surface area contributed by atoms with Gasteiger partial charge in [-0.25, -0.2) is 4.79 Å². The highest BCUT2D eigenvalue weighted by Gasteiger charge is 2.24. The Morgan fingerprint density at radius 1 is 1.12 bits per heavy atom. The minimum absolute atomic E-state index is 0.00165. The van der Waals surface area contributed by atoms with Crippen LogP contribution in [0.3, 0.4) is 0 Å². The van der Waals surface area contributed by atoms with E-state index < -0.39 is 0 Å². The molecule has 0 N–H and O–H groups in total. The first kappa shape index (κ1) is 19.2. The number of Topliss-reactive ketones (excluding diaryl/α,β-unsaturated/α-hetero) is 1. The molecule has 0 amide bonds. The summed E-state index contributed by atoms with van der Waals surface area (Å²) in [6.07, 6.45) is 11.7. The zero-order valence-electron chi connectivity index (χ0n) is 15.0. The number of hydrogen-bond acceptors (Lipinski definition) is 5. The molecule has 0 bridgehead atoms. The Balaban J connectivity index is 1.84. The predicted octanol–water partition coefficient (Wildman–Crippen LogP) is 5.14. The van der Waals surface area contributed by atoms with Crippen LogP contribution in [0.2, 0.25) is 0 Å². The first-order valence-corrected chi connectivity index (χ1v) is 9.31. The van der Waals surface area contributed by atoms with Gasteiger partial charge in [0.2, 0.25) is 6.08 Å². The molecular weight excluding hydrogens is 318 g/mol. The molecule has 0 atom stereocenters. The number of rotatable bonds is 11. The number of isocyanates is 1. The van der Waals surface area contributed by atoms with Gasteiger partial charge in [-0.3, -0.25) is 4.79 Å². The van der Waals surface area contributed by atoms with E-state index in [0.29, 0.717) is 36.7 Å². The van der Waals surface area contributed by atoms with E-state index >= 15 is 0 Å². The van der Waals surface area contributed by atoms with Gasteiger partial charge in [0.1, 0.15) is 5.75 Å². The molecule has 2 rings (SSSR count). The van der Waals surface area contributed by atoms with Crippen LogP contribution in [-0.2, 0) is 4.79 Å². The molecule has 25 heavy (non-hydrogen) atoms. The van der Waals surface area contributed by atoms with Gasteiger partial charge < -0.3 is 9.47 Å². The largest absolute Gasteiger partial charge is 0.491 e. The summed E-state index contributed by atoms with van der Waals surface area (Å²) >= 11 is 0. The summed E-state index contributed by atoms with van der Waals surface area (Å²) in [6.45, 7) is 3.08. The summed E-state index contributed by atoms with van der Waals surface area (Å²) in [5.41, 5.74) is 0.736. The molecule has 136 valence electrons. The van der Waals surface area contributed by atoms with E-state index in [-0.39, 0.29) is 11.5 Å². The smallest absolute Gasteiger partial charge is 0.240 e. The van der Waals surface area contributed by atoms with E-state index in [9.17, 15) is 9.59 Å². The average molecular weight is 345 g/mol. The molecule has 0 saturated carbocycles. The Labute approximate surface area is 149 Å². The molecule has 1 aliphatic heterocycles. The van der Waals surface area contributed by atoms with Gasteiger partial charge in [-0.1, -0.05) is 51.9 Å². The van der Waals surface area contributed by atoms with Crippen LogP contribution in [0.5, 0.6) is 11.5 Å². The average Bonchev–Trinajstić information content (AvgIpc) is 2.62. The number of ketones is 1. The summed E-state index contributed by atoms with van der Waals surface area (Å²) in [7, 11) is 0. The van der Waals surface area contributed by atoms with Gasteiger partial charge in [0.25, 0.3) is 0 Å². The number of fused-ring (bicyclic) bond motifs is 1. The van der Waals surface area contributed by atoms with Crippen molar-refractivity contribution in [1.29, 1.82) is 0 Å². The van der Waals surface area contributed by atoms with E-state index in [1.807, 2.05) is 0 Å². The molecule has 0 aromatic heterocycles. The Bertz CT molecular complexity index is 620. The van der Waals surface area contributed by atoms with Gasteiger partial charge in [0, 0.05) is 6.42 Å². The molecular formula is C20H27NO4. The van der Waals surface area contributed by atoms with Crippen molar-refractivity contribution in [3.63, 3.8) is 0 Å². The van der Waals surface area contributed by atoms with Crippen LogP contribution in [0.4, 0.5) is 5.69 Å². The minimum Gasteiger partial charge on any atom is -0.491 e. The van der Waals surface area contributed by atoms with Crippen LogP contribution < -0.4 is 9.47 Å². The Morgan fingerprint density at radius 3 is 2.56 bits per heavy atom. The van der Waals surface area contributed by atoms with Crippen molar-refractivity contribution in [3.05, 3.63) is 17.7 Å². The van der Waals surface area contributed by atoms with E-state index in [4.69, 9.17) is 9.47 Å². The molecule has 0 fully saturated rings. The third-order valence-electron chi connectivity index (χ3n) is 4.38. The van der Waals surface area contributed by atoms with Gasteiger partial charge in [0.15, 0.2) is 17.2 Å². The maximum atomic E-state index is 11.9. The van der Waals surface area contributed by atoms with Crippen LogP contribution in [0.15, 0.2) is 17.1 Å². The fourth-order valence-electron chi connectivity index (χ4n) is 2.99.